The fraction of sp³-hybridized carbons (Fsp3) is 0.300. The third kappa shape index (κ3) is 3.99. The van der Waals surface area contributed by atoms with Gasteiger partial charge in [0.1, 0.15) is 0 Å². The molecular formula is C10H16N4O3S. The van der Waals surface area contributed by atoms with Gasteiger partial charge in [-0.3, -0.25) is 0 Å². The number of nitrogens with two attached hydrogens (primary N) is 2. The standard InChI is InChI=1S/C10H16N4O3S/c11-7-8-3-1-2-4-9(8)18(16,17)14-6-5-13-10(12)15/h1-4,14H,5-7,11H2,(H3,12,13,15). The van der Waals surface area contributed by atoms with E-state index in [1.54, 1.807) is 18.2 Å². The first-order valence-corrected chi connectivity index (χ1v) is 6.76. The van der Waals surface area contributed by atoms with Crippen LogP contribution in [0.5, 0.6) is 0 Å². The lowest BCUT2D eigenvalue weighted by Crippen LogP contribution is -2.37. The van der Waals surface area contributed by atoms with Gasteiger partial charge in [-0.2, -0.15) is 0 Å². The molecular weight excluding hydrogens is 256 g/mol. The van der Waals surface area contributed by atoms with Crippen molar-refractivity contribution in [3.05, 3.63) is 29.8 Å². The Labute approximate surface area is 106 Å². The average molecular weight is 272 g/mol. The molecule has 1 rings (SSSR count). The van der Waals surface area contributed by atoms with Gasteiger partial charge in [0.15, 0.2) is 0 Å². The summed E-state index contributed by atoms with van der Waals surface area (Å²) in [6.07, 6.45) is 0. The molecule has 0 saturated heterocycles. The smallest absolute Gasteiger partial charge is 0.312 e. The van der Waals surface area contributed by atoms with Gasteiger partial charge in [-0.25, -0.2) is 17.9 Å². The second-order valence-electron chi connectivity index (χ2n) is 3.50. The lowest BCUT2D eigenvalue weighted by molar-refractivity contribution is 0.249. The predicted octanol–water partition coefficient (Wildman–Crippen LogP) is -0.908. The van der Waals surface area contributed by atoms with E-state index >= 15 is 0 Å². The number of primary amides is 1. The van der Waals surface area contributed by atoms with Crippen molar-refractivity contribution in [2.24, 2.45) is 11.5 Å². The first-order chi connectivity index (χ1) is 8.47. The van der Waals surface area contributed by atoms with E-state index in [4.69, 9.17) is 11.5 Å². The largest absolute Gasteiger partial charge is 0.352 e. The van der Waals surface area contributed by atoms with Gasteiger partial charge in [-0.1, -0.05) is 18.2 Å². The minimum atomic E-state index is -3.62. The van der Waals surface area contributed by atoms with Crippen molar-refractivity contribution in [2.75, 3.05) is 13.1 Å². The van der Waals surface area contributed by atoms with E-state index < -0.39 is 16.1 Å². The van der Waals surface area contributed by atoms with E-state index in [1.807, 2.05) is 0 Å². The van der Waals surface area contributed by atoms with Crippen molar-refractivity contribution in [1.82, 2.24) is 10.0 Å². The molecule has 0 unspecified atom stereocenters. The molecule has 0 bridgehead atoms. The molecule has 0 heterocycles. The van der Waals surface area contributed by atoms with Crippen LogP contribution in [0.25, 0.3) is 0 Å². The molecule has 0 spiro atoms. The summed E-state index contributed by atoms with van der Waals surface area (Å²) in [5.74, 6) is 0. The summed E-state index contributed by atoms with van der Waals surface area (Å²) in [5, 5.41) is 2.29. The summed E-state index contributed by atoms with van der Waals surface area (Å²) < 4.78 is 26.2. The molecule has 100 valence electrons. The summed E-state index contributed by atoms with van der Waals surface area (Å²) in [6.45, 7) is 0.320. The fourth-order valence-electron chi connectivity index (χ4n) is 1.38. The van der Waals surface area contributed by atoms with Crippen molar-refractivity contribution >= 4 is 16.1 Å². The van der Waals surface area contributed by atoms with Crippen LogP contribution in [0.4, 0.5) is 4.79 Å². The lowest BCUT2D eigenvalue weighted by atomic mass is 10.2. The van der Waals surface area contributed by atoms with Crippen molar-refractivity contribution in [1.29, 1.82) is 0 Å². The zero-order valence-electron chi connectivity index (χ0n) is 9.72. The summed E-state index contributed by atoms with van der Waals surface area (Å²) in [7, 11) is -3.62. The highest BCUT2D eigenvalue weighted by Gasteiger charge is 2.16. The lowest BCUT2D eigenvalue weighted by Gasteiger charge is -2.10. The maximum atomic E-state index is 11.9. The highest BCUT2D eigenvalue weighted by atomic mass is 32.2. The molecule has 0 aliphatic heterocycles. The van der Waals surface area contributed by atoms with Gasteiger partial charge in [0.25, 0.3) is 0 Å². The number of hydrogen-bond donors (Lipinski definition) is 4. The normalized spacial score (nSPS) is 11.2. The van der Waals surface area contributed by atoms with Gasteiger partial charge in [-0.05, 0) is 11.6 Å². The molecule has 8 heteroatoms. The third-order valence-corrected chi connectivity index (χ3v) is 3.76. The van der Waals surface area contributed by atoms with Gasteiger partial charge in [0.2, 0.25) is 10.0 Å². The van der Waals surface area contributed by atoms with E-state index in [0.29, 0.717) is 5.56 Å². The summed E-state index contributed by atoms with van der Waals surface area (Å²) >= 11 is 0. The molecule has 0 aliphatic rings. The van der Waals surface area contributed by atoms with E-state index in [-0.39, 0.29) is 24.5 Å². The monoisotopic (exact) mass is 272 g/mol. The van der Waals surface area contributed by atoms with E-state index in [1.165, 1.54) is 6.07 Å². The molecule has 0 aliphatic carbocycles. The summed E-state index contributed by atoms with van der Waals surface area (Å²) in [4.78, 5) is 10.6. The molecule has 6 N–H and O–H groups in total. The van der Waals surface area contributed by atoms with Crippen LogP contribution in [0.2, 0.25) is 0 Å². The molecule has 0 fully saturated rings. The van der Waals surface area contributed by atoms with Crippen LogP contribution >= 0.6 is 0 Å². The zero-order valence-corrected chi connectivity index (χ0v) is 10.5. The summed E-state index contributed by atoms with van der Waals surface area (Å²) in [6, 6.07) is 5.77. The second kappa shape index (κ2) is 6.34. The Morgan fingerprint density at radius 3 is 2.50 bits per heavy atom. The highest BCUT2D eigenvalue weighted by molar-refractivity contribution is 7.89. The van der Waals surface area contributed by atoms with Gasteiger partial charge in [0.05, 0.1) is 4.90 Å². The van der Waals surface area contributed by atoms with E-state index in [2.05, 4.69) is 10.0 Å². The number of carbonyl (C=O) groups excluding carboxylic acids is 1. The van der Waals surface area contributed by atoms with E-state index in [0.717, 1.165) is 0 Å². The average Bonchev–Trinajstić information content (AvgIpc) is 2.34. The number of hydrogen-bond acceptors (Lipinski definition) is 4. The van der Waals surface area contributed by atoms with Gasteiger partial charge < -0.3 is 16.8 Å². The Hall–Kier alpha value is -1.64. The molecule has 7 nitrogen and oxygen atoms in total. The number of amides is 2. The van der Waals surface area contributed by atoms with Gasteiger partial charge in [-0.15, -0.1) is 0 Å². The van der Waals surface area contributed by atoms with Gasteiger partial charge in [0, 0.05) is 19.6 Å². The molecule has 18 heavy (non-hydrogen) atoms. The Kier molecular flexibility index (Phi) is 5.08. The number of carbonyl (C=O) groups is 1. The Morgan fingerprint density at radius 1 is 1.22 bits per heavy atom. The van der Waals surface area contributed by atoms with Crippen molar-refractivity contribution in [2.45, 2.75) is 11.4 Å². The van der Waals surface area contributed by atoms with Crippen molar-refractivity contribution < 1.29 is 13.2 Å². The predicted molar refractivity (Wildman–Crippen MR) is 67.1 cm³/mol. The minimum absolute atomic E-state index is 0.0597. The highest BCUT2D eigenvalue weighted by Crippen LogP contribution is 2.14. The van der Waals surface area contributed by atoms with Crippen LogP contribution in [0.3, 0.4) is 0 Å². The third-order valence-electron chi connectivity index (χ3n) is 2.20. The van der Waals surface area contributed by atoms with Crippen LogP contribution in [0.15, 0.2) is 29.2 Å². The number of rotatable bonds is 6. The molecule has 1 aromatic carbocycles. The first kappa shape index (κ1) is 14.4. The fourth-order valence-corrected chi connectivity index (χ4v) is 2.66. The minimum Gasteiger partial charge on any atom is -0.352 e. The quantitative estimate of drug-likeness (QED) is 0.500. The zero-order chi connectivity index (χ0) is 13.6. The van der Waals surface area contributed by atoms with Gasteiger partial charge >= 0.3 is 6.03 Å². The maximum absolute atomic E-state index is 11.9. The SMILES string of the molecule is NCc1ccccc1S(=O)(=O)NCCNC(N)=O. The molecule has 0 aromatic heterocycles. The van der Waals surface area contributed by atoms with Crippen LogP contribution in [0, 0.1) is 0 Å². The van der Waals surface area contributed by atoms with E-state index in [9.17, 15) is 13.2 Å². The first-order valence-electron chi connectivity index (χ1n) is 5.28. The van der Waals surface area contributed by atoms with Crippen molar-refractivity contribution in [3.63, 3.8) is 0 Å². The van der Waals surface area contributed by atoms with Crippen LogP contribution in [-0.4, -0.2) is 27.5 Å². The van der Waals surface area contributed by atoms with Crippen LogP contribution in [0.1, 0.15) is 5.56 Å². The molecule has 2 amide bonds. The molecule has 0 atom stereocenters. The Balaban J connectivity index is 2.71. The maximum Gasteiger partial charge on any atom is 0.312 e. The number of sulfonamides is 1. The van der Waals surface area contributed by atoms with Crippen molar-refractivity contribution in [3.8, 4) is 0 Å². The van der Waals surface area contributed by atoms with Crippen LogP contribution in [-0.2, 0) is 16.6 Å². The van der Waals surface area contributed by atoms with Crippen LogP contribution < -0.4 is 21.5 Å². The number of benzene rings is 1. The number of nitrogens with one attached hydrogen (secondary N) is 2. The number of urea groups is 1. The second-order valence-corrected chi connectivity index (χ2v) is 5.24. The summed E-state index contributed by atoms with van der Waals surface area (Å²) in [5.41, 5.74) is 10.9. The Morgan fingerprint density at radius 2 is 1.89 bits per heavy atom. The topological polar surface area (TPSA) is 127 Å². The molecule has 0 saturated carbocycles. The molecule has 1 aromatic rings. The molecule has 0 radical (unpaired) electrons. The Bertz CT molecular complexity index is 516.